The normalized spacial score (nSPS) is 33.7. The summed E-state index contributed by atoms with van der Waals surface area (Å²) in [4.78, 5) is 15.9. The van der Waals surface area contributed by atoms with Crippen molar-refractivity contribution >= 4 is 11.5 Å². The first-order chi connectivity index (χ1) is 9.90. The van der Waals surface area contributed by atoms with Crippen LogP contribution in [0.4, 0.5) is 5.82 Å². The van der Waals surface area contributed by atoms with Gasteiger partial charge in [0, 0.05) is 12.1 Å². The molecule has 2 fully saturated rings. The summed E-state index contributed by atoms with van der Waals surface area (Å²) < 4.78 is 1.42. The lowest BCUT2D eigenvalue weighted by Gasteiger charge is -2.43. The van der Waals surface area contributed by atoms with Crippen LogP contribution >= 0.6 is 0 Å². The summed E-state index contributed by atoms with van der Waals surface area (Å²) in [5.41, 5.74) is 0.957. The average molecular weight is 287 g/mol. The Hall–Kier alpha value is -1.85. The summed E-state index contributed by atoms with van der Waals surface area (Å²) in [6, 6.07) is 2.24. The predicted molar refractivity (Wildman–Crippen MR) is 80.2 cm³/mol. The Morgan fingerprint density at radius 3 is 2.95 bits per heavy atom. The van der Waals surface area contributed by atoms with Gasteiger partial charge in [-0.25, -0.2) is 19.3 Å². The fourth-order valence-corrected chi connectivity index (χ4v) is 4.70. The van der Waals surface area contributed by atoms with Crippen molar-refractivity contribution in [1.29, 1.82) is 0 Å². The number of hydrogen-bond donors (Lipinski definition) is 2. The highest BCUT2D eigenvalue weighted by Gasteiger charge is 2.59. The van der Waals surface area contributed by atoms with Gasteiger partial charge in [-0.2, -0.15) is 5.10 Å². The van der Waals surface area contributed by atoms with Gasteiger partial charge in [-0.15, -0.1) is 0 Å². The zero-order valence-electron chi connectivity index (χ0n) is 12.7. The molecule has 2 heterocycles. The van der Waals surface area contributed by atoms with E-state index in [0.29, 0.717) is 17.1 Å². The second-order valence-electron chi connectivity index (χ2n) is 7.52. The van der Waals surface area contributed by atoms with Crippen LogP contribution in [0, 0.1) is 16.7 Å². The monoisotopic (exact) mass is 287 g/mol. The third kappa shape index (κ3) is 1.68. The summed E-state index contributed by atoms with van der Waals surface area (Å²) in [5.74, 6) is 1.59. The molecule has 2 aliphatic rings. The Morgan fingerprint density at radius 2 is 2.24 bits per heavy atom. The molecule has 6 heteroatoms. The molecule has 3 atom stereocenters. The highest BCUT2D eigenvalue weighted by atomic mass is 16.1. The van der Waals surface area contributed by atoms with Gasteiger partial charge < -0.3 is 5.32 Å². The molecule has 0 radical (unpaired) electrons. The number of aromatic nitrogens is 4. The molecule has 0 spiro atoms. The van der Waals surface area contributed by atoms with Crippen molar-refractivity contribution in [2.75, 3.05) is 5.32 Å². The summed E-state index contributed by atoms with van der Waals surface area (Å²) in [6.45, 7) is 7.10. The SMILES string of the molecule is CC12CCC(C1)C(C)(C)C2Nc1cc2n[nH]c(=O)n2cn1. The first-order valence-corrected chi connectivity index (χ1v) is 7.59. The van der Waals surface area contributed by atoms with E-state index < -0.39 is 0 Å². The second kappa shape index (κ2) is 3.87. The number of nitrogens with zero attached hydrogens (tertiary/aromatic N) is 3. The van der Waals surface area contributed by atoms with Gasteiger partial charge in [-0.05, 0) is 36.0 Å². The van der Waals surface area contributed by atoms with Gasteiger partial charge >= 0.3 is 5.69 Å². The molecule has 4 rings (SSSR count). The van der Waals surface area contributed by atoms with Crippen LogP contribution in [0.25, 0.3) is 5.65 Å². The molecule has 0 amide bonds. The number of nitrogens with one attached hydrogen (secondary N) is 2. The van der Waals surface area contributed by atoms with Crippen LogP contribution in [-0.2, 0) is 0 Å². The fraction of sp³-hybridized carbons (Fsp3) is 0.667. The molecule has 2 aliphatic carbocycles. The molecule has 112 valence electrons. The van der Waals surface area contributed by atoms with Gasteiger partial charge in [-0.1, -0.05) is 20.8 Å². The van der Waals surface area contributed by atoms with Crippen LogP contribution in [0.2, 0.25) is 0 Å². The minimum atomic E-state index is -0.253. The largest absolute Gasteiger partial charge is 0.366 e. The van der Waals surface area contributed by atoms with Crippen molar-refractivity contribution in [1.82, 2.24) is 19.6 Å². The van der Waals surface area contributed by atoms with Crippen LogP contribution in [-0.4, -0.2) is 25.6 Å². The van der Waals surface area contributed by atoms with E-state index in [1.54, 1.807) is 0 Å². The van der Waals surface area contributed by atoms with E-state index in [2.05, 4.69) is 41.3 Å². The molecule has 0 aliphatic heterocycles. The van der Waals surface area contributed by atoms with E-state index in [9.17, 15) is 4.79 Å². The smallest absolute Gasteiger partial charge is 0.348 e. The van der Waals surface area contributed by atoms with Crippen molar-refractivity contribution in [2.24, 2.45) is 16.7 Å². The summed E-state index contributed by atoms with van der Waals surface area (Å²) in [6.07, 6.45) is 5.44. The van der Waals surface area contributed by atoms with E-state index >= 15 is 0 Å². The molecule has 2 aromatic rings. The Kier molecular flexibility index (Phi) is 2.37. The zero-order chi connectivity index (χ0) is 14.8. The third-order valence-corrected chi connectivity index (χ3v) is 5.87. The van der Waals surface area contributed by atoms with Crippen LogP contribution in [0.5, 0.6) is 0 Å². The summed E-state index contributed by atoms with van der Waals surface area (Å²) >= 11 is 0. The number of rotatable bonds is 2. The van der Waals surface area contributed by atoms with Crippen molar-refractivity contribution < 1.29 is 0 Å². The topological polar surface area (TPSA) is 75.1 Å². The standard InChI is InChI=1S/C15H21N5O/c1-14(2)9-4-5-15(3,7-9)12(14)17-10-6-11-18-19-13(21)20(11)8-16-10/h6,8-9,12,17H,4-5,7H2,1-3H3,(H,19,21). The quantitative estimate of drug-likeness (QED) is 0.886. The highest BCUT2D eigenvalue weighted by molar-refractivity contribution is 5.49. The van der Waals surface area contributed by atoms with Gasteiger partial charge in [0.05, 0.1) is 0 Å². The lowest BCUT2D eigenvalue weighted by atomic mass is 9.68. The third-order valence-electron chi connectivity index (χ3n) is 5.87. The molecule has 0 saturated heterocycles. The lowest BCUT2D eigenvalue weighted by Crippen LogP contribution is -2.46. The Balaban J connectivity index is 1.69. The average Bonchev–Trinajstić information content (AvgIpc) is 3.05. The fourth-order valence-electron chi connectivity index (χ4n) is 4.70. The molecule has 2 N–H and O–H groups in total. The predicted octanol–water partition coefficient (Wildman–Crippen LogP) is 2.04. The minimum absolute atomic E-state index is 0.253. The van der Waals surface area contributed by atoms with Crippen LogP contribution < -0.4 is 11.0 Å². The molecule has 2 bridgehead atoms. The minimum Gasteiger partial charge on any atom is -0.366 e. The molecule has 6 nitrogen and oxygen atoms in total. The molecule has 0 aromatic carbocycles. The van der Waals surface area contributed by atoms with E-state index in [0.717, 1.165) is 11.7 Å². The zero-order valence-corrected chi connectivity index (χ0v) is 12.7. The maximum absolute atomic E-state index is 11.5. The van der Waals surface area contributed by atoms with Crippen LogP contribution in [0.15, 0.2) is 17.2 Å². The van der Waals surface area contributed by atoms with Gasteiger partial charge in [0.1, 0.15) is 12.1 Å². The Bertz CT molecular complexity index is 756. The highest BCUT2D eigenvalue weighted by Crippen LogP contribution is 2.62. The van der Waals surface area contributed by atoms with Crippen molar-refractivity contribution in [3.63, 3.8) is 0 Å². The molecule has 2 saturated carbocycles. The van der Waals surface area contributed by atoms with E-state index in [1.165, 1.54) is 30.0 Å². The number of H-pyrrole nitrogens is 1. The number of fused-ring (bicyclic) bond motifs is 3. The molecule has 21 heavy (non-hydrogen) atoms. The van der Waals surface area contributed by atoms with E-state index in [4.69, 9.17) is 0 Å². The van der Waals surface area contributed by atoms with Crippen LogP contribution in [0.1, 0.15) is 40.0 Å². The molecule has 2 aromatic heterocycles. The molecular weight excluding hydrogens is 266 g/mol. The van der Waals surface area contributed by atoms with Gasteiger partial charge in [-0.3, -0.25) is 0 Å². The van der Waals surface area contributed by atoms with Crippen molar-refractivity contribution in [3.05, 3.63) is 22.9 Å². The van der Waals surface area contributed by atoms with E-state index in [-0.39, 0.29) is 11.1 Å². The summed E-state index contributed by atoms with van der Waals surface area (Å²) in [7, 11) is 0. The summed E-state index contributed by atoms with van der Waals surface area (Å²) in [5, 5.41) is 10.1. The number of hydrogen-bond acceptors (Lipinski definition) is 4. The van der Waals surface area contributed by atoms with E-state index in [1.807, 2.05) is 6.07 Å². The first kappa shape index (κ1) is 12.9. The van der Waals surface area contributed by atoms with Crippen molar-refractivity contribution in [3.8, 4) is 0 Å². The number of anilines is 1. The number of aromatic amines is 1. The Labute approximate surface area is 123 Å². The maximum atomic E-state index is 11.5. The van der Waals surface area contributed by atoms with Crippen LogP contribution in [0.3, 0.4) is 0 Å². The lowest BCUT2D eigenvalue weighted by molar-refractivity contribution is 0.155. The van der Waals surface area contributed by atoms with Gasteiger partial charge in [0.15, 0.2) is 5.65 Å². The molecule has 3 unspecified atom stereocenters. The second-order valence-corrected chi connectivity index (χ2v) is 7.52. The first-order valence-electron chi connectivity index (χ1n) is 7.59. The molecular formula is C15H21N5O. The maximum Gasteiger partial charge on any atom is 0.348 e. The van der Waals surface area contributed by atoms with Crippen molar-refractivity contribution in [2.45, 2.75) is 46.1 Å². The van der Waals surface area contributed by atoms with Gasteiger partial charge in [0.2, 0.25) is 0 Å². The Morgan fingerprint density at radius 1 is 1.43 bits per heavy atom. The van der Waals surface area contributed by atoms with Gasteiger partial charge in [0.25, 0.3) is 0 Å².